The van der Waals surface area contributed by atoms with E-state index in [0.29, 0.717) is 12.7 Å². The minimum Gasteiger partial charge on any atom is -0.377 e. The highest BCUT2D eigenvalue weighted by Crippen LogP contribution is 2.33. The Balaban J connectivity index is 1.51. The van der Waals surface area contributed by atoms with E-state index in [2.05, 4.69) is 15.6 Å². The number of halogens is 6. The molecule has 0 aliphatic carbocycles. The molecule has 35 heavy (non-hydrogen) atoms. The lowest BCUT2D eigenvalue weighted by Gasteiger charge is -2.15. The molecule has 13 heteroatoms. The summed E-state index contributed by atoms with van der Waals surface area (Å²) in [5.41, 5.74) is -2.94. The summed E-state index contributed by atoms with van der Waals surface area (Å²) in [6.45, 7) is 0.613. The molecule has 1 amide bonds. The molecule has 1 aromatic heterocycles. The van der Waals surface area contributed by atoms with Gasteiger partial charge in [0.2, 0.25) is 5.91 Å². The largest absolute Gasteiger partial charge is 0.419 e. The average molecular weight is 500 g/mol. The number of amides is 1. The van der Waals surface area contributed by atoms with E-state index < -0.39 is 52.6 Å². The van der Waals surface area contributed by atoms with Crippen molar-refractivity contribution < 1.29 is 40.6 Å². The molecule has 7 nitrogen and oxygen atoms in total. The third-order valence-corrected chi connectivity index (χ3v) is 5.47. The van der Waals surface area contributed by atoms with Gasteiger partial charge in [-0.3, -0.25) is 4.79 Å². The van der Waals surface area contributed by atoms with E-state index in [-0.39, 0.29) is 30.1 Å². The minimum absolute atomic E-state index is 0.106. The van der Waals surface area contributed by atoms with Crippen molar-refractivity contribution >= 4 is 11.6 Å². The SMILES string of the molecule is CO[C@@H]1COC[C@H]1n1cc(-c2c(F)cc(NC(=O)Cc3cccc(C(F)(F)F)c3F)cc2F)nn1. The number of aromatic nitrogens is 3. The van der Waals surface area contributed by atoms with Crippen molar-refractivity contribution in [1.82, 2.24) is 15.0 Å². The van der Waals surface area contributed by atoms with Crippen molar-refractivity contribution in [3.63, 3.8) is 0 Å². The highest BCUT2D eigenvalue weighted by molar-refractivity contribution is 5.92. The molecule has 0 saturated carbocycles. The molecule has 4 rings (SSSR count). The first-order valence-corrected chi connectivity index (χ1v) is 10.2. The summed E-state index contributed by atoms with van der Waals surface area (Å²) in [7, 11) is 1.50. The summed E-state index contributed by atoms with van der Waals surface area (Å²) in [6.07, 6.45) is -4.69. The number of anilines is 1. The predicted octanol–water partition coefficient (Wildman–Crippen LogP) is 4.15. The quantitative estimate of drug-likeness (QED) is 0.515. The van der Waals surface area contributed by atoms with Crippen LogP contribution in [0.5, 0.6) is 0 Å². The van der Waals surface area contributed by atoms with Crippen LogP contribution in [0, 0.1) is 17.5 Å². The molecule has 0 unspecified atom stereocenters. The Kier molecular flexibility index (Phi) is 6.81. The summed E-state index contributed by atoms with van der Waals surface area (Å²) in [5.74, 6) is -4.69. The van der Waals surface area contributed by atoms with Gasteiger partial charge in [-0.25, -0.2) is 17.9 Å². The first kappa shape index (κ1) is 24.7. The number of rotatable bonds is 6. The van der Waals surface area contributed by atoms with Gasteiger partial charge in [0.05, 0.1) is 37.0 Å². The zero-order valence-corrected chi connectivity index (χ0v) is 18.1. The number of hydrogen-bond donors (Lipinski definition) is 1. The van der Waals surface area contributed by atoms with E-state index in [9.17, 15) is 31.1 Å². The van der Waals surface area contributed by atoms with Crippen LogP contribution in [0.1, 0.15) is 17.2 Å². The van der Waals surface area contributed by atoms with Crippen LogP contribution < -0.4 is 5.32 Å². The Hall–Kier alpha value is -3.45. The van der Waals surface area contributed by atoms with Crippen LogP contribution in [0.25, 0.3) is 11.3 Å². The molecule has 0 radical (unpaired) electrons. The molecule has 1 fully saturated rings. The summed E-state index contributed by atoms with van der Waals surface area (Å²) in [4.78, 5) is 12.2. The molecule has 1 saturated heterocycles. The molecule has 3 aromatic rings. The maximum Gasteiger partial charge on any atom is 0.419 e. The highest BCUT2D eigenvalue weighted by atomic mass is 19.4. The number of carbonyl (C=O) groups is 1. The maximum atomic E-state index is 14.7. The lowest BCUT2D eigenvalue weighted by molar-refractivity contribution is -0.140. The molecule has 1 aliphatic heterocycles. The number of hydrogen-bond acceptors (Lipinski definition) is 5. The molecule has 0 bridgehead atoms. The molecular weight excluding hydrogens is 482 g/mol. The predicted molar refractivity (Wildman–Crippen MR) is 110 cm³/mol. The smallest absolute Gasteiger partial charge is 0.377 e. The van der Waals surface area contributed by atoms with Gasteiger partial charge in [0.15, 0.2) is 0 Å². The molecule has 186 valence electrons. The minimum atomic E-state index is -4.93. The van der Waals surface area contributed by atoms with Crippen molar-refractivity contribution in [3.8, 4) is 11.3 Å². The van der Waals surface area contributed by atoms with Gasteiger partial charge in [0.25, 0.3) is 0 Å². The number of alkyl halides is 3. The first-order valence-electron chi connectivity index (χ1n) is 10.2. The second-order valence-electron chi connectivity index (χ2n) is 7.78. The number of nitrogens with one attached hydrogen (secondary N) is 1. The molecule has 1 N–H and O–H groups in total. The van der Waals surface area contributed by atoms with E-state index in [1.54, 1.807) is 0 Å². The Labute approximate surface area is 194 Å². The van der Waals surface area contributed by atoms with Crippen LogP contribution >= 0.6 is 0 Å². The summed E-state index contributed by atoms with van der Waals surface area (Å²) >= 11 is 0. The molecule has 1 aliphatic rings. The average Bonchev–Trinajstić information content (AvgIpc) is 3.43. The Morgan fingerprint density at radius 3 is 2.57 bits per heavy atom. The fourth-order valence-corrected chi connectivity index (χ4v) is 3.75. The fraction of sp³-hybridized carbons (Fsp3) is 0.318. The van der Waals surface area contributed by atoms with Gasteiger partial charge in [0.1, 0.15) is 35.3 Å². The van der Waals surface area contributed by atoms with Gasteiger partial charge in [-0.2, -0.15) is 13.2 Å². The zero-order chi connectivity index (χ0) is 25.3. The van der Waals surface area contributed by atoms with Gasteiger partial charge in [0, 0.05) is 12.8 Å². The van der Waals surface area contributed by atoms with Crippen molar-refractivity contribution in [3.05, 3.63) is 65.1 Å². The zero-order valence-electron chi connectivity index (χ0n) is 18.1. The van der Waals surface area contributed by atoms with Crippen LogP contribution in [0.4, 0.5) is 32.0 Å². The first-order chi connectivity index (χ1) is 16.6. The topological polar surface area (TPSA) is 78.3 Å². The standard InChI is InChI=1S/C22H18F6N4O3/c1-34-18-10-35-9-17(18)32-8-16(30-31-32)20-14(23)6-12(7-15(20)24)29-19(33)5-11-3-2-4-13(21(11)25)22(26,27)28/h2-4,6-8,17-18H,5,9-10H2,1H3,(H,29,33)/t17-,18-/m1/s1. The van der Waals surface area contributed by atoms with E-state index in [0.717, 1.165) is 24.3 Å². The Morgan fingerprint density at radius 1 is 1.20 bits per heavy atom. The lowest BCUT2D eigenvalue weighted by Crippen LogP contribution is -2.24. The number of methoxy groups -OCH3 is 1. The molecule has 2 aromatic carbocycles. The van der Waals surface area contributed by atoms with E-state index >= 15 is 0 Å². The van der Waals surface area contributed by atoms with E-state index in [1.165, 1.54) is 18.0 Å². The van der Waals surface area contributed by atoms with Crippen molar-refractivity contribution in [2.75, 3.05) is 25.6 Å². The third-order valence-electron chi connectivity index (χ3n) is 5.47. The van der Waals surface area contributed by atoms with E-state index in [4.69, 9.17) is 9.47 Å². The van der Waals surface area contributed by atoms with Crippen molar-refractivity contribution in [2.45, 2.75) is 24.7 Å². The van der Waals surface area contributed by atoms with Crippen LogP contribution in [-0.4, -0.2) is 47.3 Å². The van der Waals surface area contributed by atoms with Gasteiger partial charge in [-0.15, -0.1) is 5.10 Å². The number of ether oxygens (including phenoxy) is 2. The number of nitrogens with zero attached hydrogens (tertiary/aromatic N) is 3. The Bertz CT molecular complexity index is 1220. The second kappa shape index (κ2) is 9.66. The normalized spacial score (nSPS) is 18.1. The van der Waals surface area contributed by atoms with Crippen molar-refractivity contribution in [1.29, 1.82) is 0 Å². The number of carbonyl (C=O) groups excluding carboxylic acids is 1. The van der Waals surface area contributed by atoms with Crippen LogP contribution in [0.2, 0.25) is 0 Å². The molecular formula is C22H18F6N4O3. The Morgan fingerprint density at radius 2 is 1.91 bits per heavy atom. The van der Waals surface area contributed by atoms with Gasteiger partial charge >= 0.3 is 6.18 Å². The lowest BCUT2D eigenvalue weighted by atomic mass is 10.1. The van der Waals surface area contributed by atoms with Crippen LogP contribution in [0.3, 0.4) is 0 Å². The molecule has 2 atom stereocenters. The second-order valence-corrected chi connectivity index (χ2v) is 7.78. The third kappa shape index (κ3) is 5.15. The van der Waals surface area contributed by atoms with Gasteiger partial charge in [-0.05, 0) is 23.8 Å². The fourth-order valence-electron chi connectivity index (χ4n) is 3.75. The van der Waals surface area contributed by atoms with E-state index in [1.807, 2.05) is 0 Å². The maximum absolute atomic E-state index is 14.7. The summed E-state index contributed by atoms with van der Waals surface area (Å²) < 4.78 is 94.2. The number of benzene rings is 2. The van der Waals surface area contributed by atoms with Gasteiger partial charge in [-0.1, -0.05) is 17.3 Å². The highest BCUT2D eigenvalue weighted by Gasteiger charge is 2.35. The summed E-state index contributed by atoms with van der Waals surface area (Å²) in [5, 5.41) is 9.86. The van der Waals surface area contributed by atoms with Gasteiger partial charge < -0.3 is 14.8 Å². The summed E-state index contributed by atoms with van der Waals surface area (Å²) in [6, 6.07) is 3.82. The van der Waals surface area contributed by atoms with Crippen LogP contribution in [-0.2, 0) is 26.9 Å². The van der Waals surface area contributed by atoms with Crippen molar-refractivity contribution in [2.24, 2.45) is 0 Å². The molecule has 0 spiro atoms. The monoisotopic (exact) mass is 500 g/mol. The molecule has 2 heterocycles. The van der Waals surface area contributed by atoms with Crippen LogP contribution in [0.15, 0.2) is 36.5 Å².